The standard InChI is InChI=1S/C27H28N4O9S/c1-13(32)36-12-20-22(37-14(2)33)23(38-15(3)34)24(39-16(4)35)27(40-20)41-26-19(11-29)21(17-8-6-5-7-9-17)18(10-28)25(30)31-26/h5-9,20-24,27,31H,12,30H2,1-4H3/t20-,21?,22-,23+,24-,27+/m1/s1. The largest absolute Gasteiger partial charge is 0.463 e. The maximum absolute atomic E-state index is 12.1. The van der Waals surface area contributed by atoms with E-state index in [0.717, 1.165) is 32.5 Å². The topological polar surface area (TPSA) is 200 Å². The molecule has 2 aliphatic heterocycles. The van der Waals surface area contributed by atoms with Crippen molar-refractivity contribution >= 4 is 35.6 Å². The molecule has 0 aliphatic carbocycles. The Kier molecular flexibility index (Phi) is 10.4. The fourth-order valence-electron chi connectivity index (χ4n) is 4.40. The zero-order chi connectivity index (χ0) is 30.3. The molecule has 1 fully saturated rings. The summed E-state index contributed by atoms with van der Waals surface area (Å²) in [6, 6.07) is 13.0. The van der Waals surface area contributed by atoms with Gasteiger partial charge < -0.3 is 34.7 Å². The predicted octanol–water partition coefficient (Wildman–Crippen LogP) is 1.62. The van der Waals surface area contributed by atoms with Gasteiger partial charge in [-0.2, -0.15) is 10.5 Å². The van der Waals surface area contributed by atoms with Crippen molar-refractivity contribution in [2.45, 2.75) is 63.5 Å². The van der Waals surface area contributed by atoms with Gasteiger partial charge in [-0.25, -0.2) is 0 Å². The molecule has 13 nitrogen and oxygen atoms in total. The first-order valence-electron chi connectivity index (χ1n) is 12.3. The third kappa shape index (κ3) is 7.57. The quantitative estimate of drug-likeness (QED) is 0.330. The van der Waals surface area contributed by atoms with E-state index in [2.05, 4.69) is 17.5 Å². The van der Waals surface area contributed by atoms with E-state index in [1.54, 1.807) is 30.3 Å². The summed E-state index contributed by atoms with van der Waals surface area (Å²) in [7, 11) is 0. The lowest BCUT2D eigenvalue weighted by Gasteiger charge is -2.44. The number of carbonyl (C=O) groups excluding carboxylic acids is 4. The second-order valence-electron chi connectivity index (χ2n) is 8.95. The number of hydrogen-bond donors (Lipinski definition) is 2. The highest BCUT2D eigenvalue weighted by molar-refractivity contribution is 8.03. The molecule has 3 rings (SSSR count). The Labute approximate surface area is 240 Å². The lowest BCUT2D eigenvalue weighted by molar-refractivity contribution is -0.237. The van der Waals surface area contributed by atoms with Crippen LogP contribution in [0.4, 0.5) is 0 Å². The molecule has 0 bridgehead atoms. The van der Waals surface area contributed by atoms with Crippen molar-refractivity contribution in [3.8, 4) is 12.1 Å². The third-order valence-electron chi connectivity index (χ3n) is 5.92. The number of nitrogens with two attached hydrogens (primary N) is 1. The van der Waals surface area contributed by atoms with Crippen LogP contribution in [-0.4, -0.2) is 60.3 Å². The van der Waals surface area contributed by atoms with Crippen molar-refractivity contribution in [2.75, 3.05) is 6.61 Å². The van der Waals surface area contributed by atoms with Crippen molar-refractivity contribution in [1.82, 2.24) is 5.32 Å². The number of allylic oxidation sites excluding steroid dienone is 2. The second-order valence-corrected chi connectivity index (χ2v) is 10.1. The first-order chi connectivity index (χ1) is 19.5. The molecular weight excluding hydrogens is 556 g/mol. The molecule has 0 spiro atoms. The number of rotatable bonds is 8. The van der Waals surface area contributed by atoms with Crippen LogP contribution in [0.15, 0.2) is 52.3 Å². The van der Waals surface area contributed by atoms with E-state index in [1.807, 2.05) is 0 Å². The molecule has 0 radical (unpaired) electrons. The van der Waals surface area contributed by atoms with E-state index in [0.29, 0.717) is 5.56 Å². The molecule has 1 saturated heterocycles. The molecule has 0 aromatic heterocycles. The van der Waals surface area contributed by atoms with Gasteiger partial charge in [0, 0.05) is 27.7 Å². The van der Waals surface area contributed by atoms with Crippen LogP contribution < -0.4 is 11.1 Å². The Bertz CT molecular complexity index is 1350. The van der Waals surface area contributed by atoms with Crippen LogP contribution >= 0.6 is 11.8 Å². The number of hydrogen-bond acceptors (Lipinski definition) is 14. The molecule has 6 atom stereocenters. The van der Waals surface area contributed by atoms with Gasteiger partial charge in [0.1, 0.15) is 18.5 Å². The van der Waals surface area contributed by atoms with Gasteiger partial charge in [-0.05, 0) is 5.56 Å². The number of nitrogens with zero attached hydrogens (tertiary/aromatic N) is 2. The Balaban J connectivity index is 2.12. The second kappa shape index (κ2) is 13.7. The normalized spacial score (nSPS) is 25.6. The van der Waals surface area contributed by atoms with E-state index in [4.69, 9.17) is 29.4 Å². The van der Waals surface area contributed by atoms with E-state index in [-0.39, 0.29) is 22.0 Å². The minimum Gasteiger partial charge on any atom is -0.463 e. The minimum absolute atomic E-state index is 0.00603. The number of nitriles is 2. The summed E-state index contributed by atoms with van der Waals surface area (Å²) in [6.45, 7) is 4.13. The summed E-state index contributed by atoms with van der Waals surface area (Å²) in [5.41, 5.74) is 5.88. The van der Waals surface area contributed by atoms with E-state index < -0.39 is 66.3 Å². The van der Waals surface area contributed by atoms with Gasteiger partial charge in [0.05, 0.1) is 34.2 Å². The monoisotopic (exact) mass is 584 g/mol. The average molecular weight is 585 g/mol. The van der Waals surface area contributed by atoms with Crippen molar-refractivity contribution in [3.05, 3.63) is 57.9 Å². The molecule has 1 aromatic rings. The van der Waals surface area contributed by atoms with Gasteiger partial charge in [0.25, 0.3) is 0 Å². The average Bonchev–Trinajstić information content (AvgIpc) is 2.90. The Morgan fingerprint density at radius 2 is 1.44 bits per heavy atom. The van der Waals surface area contributed by atoms with Gasteiger partial charge in [-0.1, -0.05) is 42.1 Å². The van der Waals surface area contributed by atoms with Gasteiger partial charge in [-0.3, -0.25) is 19.2 Å². The van der Waals surface area contributed by atoms with Crippen LogP contribution in [-0.2, 0) is 42.9 Å². The number of ether oxygens (including phenoxy) is 5. The molecule has 14 heteroatoms. The molecule has 3 N–H and O–H groups in total. The van der Waals surface area contributed by atoms with E-state index in [1.165, 1.54) is 6.92 Å². The Morgan fingerprint density at radius 1 is 0.878 bits per heavy atom. The molecule has 216 valence electrons. The highest BCUT2D eigenvalue weighted by Crippen LogP contribution is 2.43. The molecular formula is C27H28N4O9S. The molecule has 1 aromatic carbocycles. The summed E-state index contributed by atoms with van der Waals surface area (Å²) in [4.78, 5) is 47.8. The number of nitrogens with one attached hydrogen (secondary N) is 1. The van der Waals surface area contributed by atoms with E-state index >= 15 is 0 Å². The van der Waals surface area contributed by atoms with Crippen molar-refractivity contribution < 1.29 is 42.9 Å². The van der Waals surface area contributed by atoms with Crippen molar-refractivity contribution in [1.29, 1.82) is 10.5 Å². The van der Waals surface area contributed by atoms with E-state index in [9.17, 15) is 29.7 Å². The maximum atomic E-state index is 12.1. The van der Waals surface area contributed by atoms with Crippen molar-refractivity contribution in [2.24, 2.45) is 5.73 Å². The van der Waals surface area contributed by atoms with Crippen LogP contribution in [0.25, 0.3) is 0 Å². The summed E-state index contributed by atoms with van der Waals surface area (Å²) in [5.74, 6) is -3.77. The van der Waals surface area contributed by atoms with Crippen LogP contribution in [0.3, 0.4) is 0 Å². The third-order valence-corrected chi connectivity index (χ3v) is 7.09. The number of carbonyl (C=O) groups is 4. The summed E-state index contributed by atoms with van der Waals surface area (Å²) >= 11 is 0.879. The fourth-order valence-corrected chi connectivity index (χ4v) is 5.63. The zero-order valence-electron chi connectivity index (χ0n) is 22.6. The maximum Gasteiger partial charge on any atom is 0.303 e. The summed E-state index contributed by atoms with van der Waals surface area (Å²) in [5, 5.41) is 23.1. The highest BCUT2D eigenvalue weighted by atomic mass is 32.2. The molecule has 1 unspecified atom stereocenters. The number of dihydropyridines is 1. The molecule has 41 heavy (non-hydrogen) atoms. The lowest BCUT2D eigenvalue weighted by Crippen LogP contribution is -2.61. The lowest BCUT2D eigenvalue weighted by atomic mass is 9.84. The number of esters is 4. The van der Waals surface area contributed by atoms with Crippen molar-refractivity contribution in [3.63, 3.8) is 0 Å². The van der Waals surface area contributed by atoms with Gasteiger partial charge in [0.15, 0.2) is 23.7 Å². The van der Waals surface area contributed by atoms with Gasteiger partial charge in [0.2, 0.25) is 0 Å². The SMILES string of the molecule is CC(=O)OC[C@H]1O[C@@H](SC2=C(C#N)C(c3ccccc3)C(C#N)=C(N)N2)[C@H](OC(C)=O)[C@@H](OC(C)=O)[C@@H]1OC(C)=O. The van der Waals surface area contributed by atoms with Crippen LogP contribution in [0.1, 0.15) is 39.2 Å². The fraction of sp³-hybridized carbons (Fsp3) is 0.407. The van der Waals surface area contributed by atoms with Crippen LogP contribution in [0.2, 0.25) is 0 Å². The number of thioether (sulfide) groups is 1. The summed E-state index contributed by atoms with van der Waals surface area (Å²) < 4.78 is 27.6. The van der Waals surface area contributed by atoms with Gasteiger partial charge in [-0.15, -0.1) is 0 Å². The minimum atomic E-state index is -1.38. The molecule has 2 aliphatic rings. The first kappa shape index (κ1) is 31.0. The summed E-state index contributed by atoms with van der Waals surface area (Å²) in [6.07, 6.45) is -5.23. The highest BCUT2D eigenvalue weighted by Gasteiger charge is 2.53. The molecule has 0 saturated carbocycles. The van der Waals surface area contributed by atoms with Crippen LogP contribution in [0.5, 0.6) is 0 Å². The first-order valence-corrected chi connectivity index (χ1v) is 13.2. The Hall–Kier alpha value is -4.53. The Morgan fingerprint density at radius 3 is 1.98 bits per heavy atom. The molecule has 0 amide bonds. The zero-order valence-corrected chi connectivity index (χ0v) is 23.4. The smallest absolute Gasteiger partial charge is 0.303 e. The predicted molar refractivity (Wildman–Crippen MR) is 141 cm³/mol. The molecule has 2 heterocycles. The van der Waals surface area contributed by atoms with Gasteiger partial charge >= 0.3 is 23.9 Å². The number of benzene rings is 1. The van der Waals surface area contributed by atoms with Crippen LogP contribution in [0, 0.1) is 22.7 Å².